The number of hydrogen-bond acceptors (Lipinski definition) is 4. The number of nitriles is 1. The van der Waals surface area contributed by atoms with E-state index >= 15 is 0 Å². The second kappa shape index (κ2) is 6.26. The molecule has 1 heterocycles. The summed E-state index contributed by atoms with van der Waals surface area (Å²) in [5.41, 5.74) is -1.49. The summed E-state index contributed by atoms with van der Waals surface area (Å²) in [5.74, 6) is 0.412. The fourth-order valence-corrected chi connectivity index (χ4v) is 2.26. The Balaban J connectivity index is 2.67. The third kappa shape index (κ3) is 4.73. The molecular formula is C12H14F3N3S. The minimum Gasteiger partial charge on any atom is -0.299 e. The third-order valence-electron chi connectivity index (χ3n) is 2.39. The van der Waals surface area contributed by atoms with Crippen LogP contribution in [0.3, 0.4) is 0 Å². The van der Waals surface area contributed by atoms with Gasteiger partial charge in [0.2, 0.25) is 0 Å². The van der Waals surface area contributed by atoms with Gasteiger partial charge in [0.25, 0.3) is 0 Å². The first-order valence-electron chi connectivity index (χ1n) is 5.63. The van der Waals surface area contributed by atoms with E-state index in [0.717, 1.165) is 12.3 Å². The first-order valence-corrected chi connectivity index (χ1v) is 6.61. The van der Waals surface area contributed by atoms with Gasteiger partial charge in [0.1, 0.15) is 5.54 Å². The molecule has 0 fully saturated rings. The van der Waals surface area contributed by atoms with Crippen LogP contribution in [0.5, 0.6) is 0 Å². The second-order valence-corrected chi connectivity index (χ2v) is 5.14. The maximum Gasteiger partial charge on any atom is 0.417 e. The molecule has 1 rings (SSSR count). The van der Waals surface area contributed by atoms with Crippen molar-refractivity contribution >= 4 is 11.8 Å². The Kier molecular flexibility index (Phi) is 5.20. The molecule has 1 aromatic heterocycles. The maximum absolute atomic E-state index is 12.3. The summed E-state index contributed by atoms with van der Waals surface area (Å²) in [6.07, 6.45) is -3.57. The van der Waals surface area contributed by atoms with E-state index in [2.05, 4.69) is 16.4 Å². The van der Waals surface area contributed by atoms with Crippen LogP contribution in [0, 0.1) is 11.3 Å². The quantitative estimate of drug-likeness (QED) is 0.846. The lowest BCUT2D eigenvalue weighted by Gasteiger charge is -2.21. The number of thioether (sulfide) groups is 1. The van der Waals surface area contributed by atoms with E-state index in [4.69, 9.17) is 5.26 Å². The van der Waals surface area contributed by atoms with Crippen molar-refractivity contribution in [3.05, 3.63) is 23.9 Å². The maximum atomic E-state index is 12.3. The number of pyridine rings is 1. The Labute approximate surface area is 114 Å². The summed E-state index contributed by atoms with van der Waals surface area (Å²) in [6.45, 7) is 4.27. The van der Waals surface area contributed by atoms with Crippen LogP contribution in [0.4, 0.5) is 13.2 Å². The zero-order chi connectivity index (χ0) is 14.5. The molecule has 0 aliphatic heterocycles. The molecule has 1 atom stereocenters. The first kappa shape index (κ1) is 15.8. The molecule has 3 nitrogen and oxygen atoms in total. The SMILES string of the molecule is CCNC(C)(C#N)CSc1ccc(C(F)(F)F)cn1. The largest absolute Gasteiger partial charge is 0.417 e. The molecule has 1 unspecified atom stereocenters. The van der Waals surface area contributed by atoms with E-state index in [1.54, 1.807) is 6.92 Å². The minimum atomic E-state index is -4.37. The number of nitrogens with zero attached hydrogens (tertiary/aromatic N) is 2. The zero-order valence-corrected chi connectivity index (χ0v) is 11.4. The van der Waals surface area contributed by atoms with E-state index in [0.29, 0.717) is 17.3 Å². The standard InChI is InChI=1S/C12H14F3N3S/c1-3-18-11(2,7-16)8-19-10-5-4-9(6-17-10)12(13,14)15/h4-6,18H,3,8H2,1-2H3. The first-order chi connectivity index (χ1) is 8.80. The number of alkyl halides is 3. The number of hydrogen-bond donors (Lipinski definition) is 1. The van der Waals surface area contributed by atoms with Gasteiger partial charge in [-0.2, -0.15) is 18.4 Å². The predicted molar refractivity (Wildman–Crippen MR) is 67.7 cm³/mol. The molecule has 0 saturated carbocycles. The van der Waals surface area contributed by atoms with Gasteiger partial charge in [0.15, 0.2) is 0 Å². The van der Waals surface area contributed by atoms with Crippen LogP contribution < -0.4 is 5.32 Å². The van der Waals surface area contributed by atoms with Crippen molar-refractivity contribution in [1.82, 2.24) is 10.3 Å². The summed E-state index contributed by atoms with van der Waals surface area (Å²) in [7, 11) is 0. The van der Waals surface area contributed by atoms with Gasteiger partial charge in [-0.1, -0.05) is 6.92 Å². The number of nitrogens with one attached hydrogen (secondary N) is 1. The van der Waals surface area contributed by atoms with E-state index in [-0.39, 0.29) is 0 Å². The number of aromatic nitrogens is 1. The predicted octanol–water partition coefficient (Wildman–Crippen LogP) is 3.08. The van der Waals surface area contributed by atoms with Gasteiger partial charge in [0.05, 0.1) is 16.7 Å². The highest BCUT2D eigenvalue weighted by molar-refractivity contribution is 7.99. The third-order valence-corrected chi connectivity index (χ3v) is 3.65. The Bertz CT molecular complexity index is 453. The minimum absolute atomic E-state index is 0.412. The van der Waals surface area contributed by atoms with Crippen LogP contribution >= 0.6 is 11.8 Å². The summed E-state index contributed by atoms with van der Waals surface area (Å²) in [4.78, 5) is 3.75. The van der Waals surface area contributed by atoms with Gasteiger partial charge in [-0.15, -0.1) is 11.8 Å². The van der Waals surface area contributed by atoms with E-state index in [1.165, 1.54) is 17.8 Å². The molecule has 0 radical (unpaired) electrons. The van der Waals surface area contributed by atoms with Gasteiger partial charge in [-0.3, -0.25) is 5.32 Å². The molecule has 1 aromatic rings. The fourth-order valence-electron chi connectivity index (χ4n) is 1.36. The van der Waals surface area contributed by atoms with Gasteiger partial charge in [-0.05, 0) is 25.6 Å². The molecule has 0 spiro atoms. The lowest BCUT2D eigenvalue weighted by Crippen LogP contribution is -2.43. The molecule has 1 N–H and O–H groups in total. The molecule has 0 amide bonds. The van der Waals surface area contributed by atoms with Crippen LogP contribution in [0.2, 0.25) is 0 Å². The highest BCUT2D eigenvalue weighted by Crippen LogP contribution is 2.30. The second-order valence-electron chi connectivity index (χ2n) is 4.15. The monoisotopic (exact) mass is 289 g/mol. The number of halogens is 3. The summed E-state index contributed by atoms with van der Waals surface area (Å²) in [5, 5.41) is 12.5. The van der Waals surface area contributed by atoms with Crippen molar-refractivity contribution in [2.24, 2.45) is 0 Å². The van der Waals surface area contributed by atoms with Crippen LogP contribution in [0.25, 0.3) is 0 Å². The summed E-state index contributed by atoms with van der Waals surface area (Å²) < 4.78 is 37.0. The van der Waals surface area contributed by atoms with Crippen LogP contribution in [0.15, 0.2) is 23.4 Å². The van der Waals surface area contributed by atoms with Crippen molar-refractivity contribution in [2.45, 2.75) is 30.6 Å². The van der Waals surface area contributed by atoms with E-state index < -0.39 is 17.3 Å². The van der Waals surface area contributed by atoms with Crippen molar-refractivity contribution in [2.75, 3.05) is 12.3 Å². The van der Waals surface area contributed by atoms with E-state index in [9.17, 15) is 13.2 Å². The lowest BCUT2D eigenvalue weighted by molar-refractivity contribution is -0.137. The van der Waals surface area contributed by atoms with Gasteiger partial charge in [0, 0.05) is 11.9 Å². The molecule has 0 aliphatic rings. The van der Waals surface area contributed by atoms with Crippen molar-refractivity contribution < 1.29 is 13.2 Å². The van der Waals surface area contributed by atoms with Crippen molar-refractivity contribution in [1.29, 1.82) is 5.26 Å². The molecule has 0 aliphatic carbocycles. The Morgan fingerprint density at radius 2 is 2.11 bits per heavy atom. The molecule has 7 heteroatoms. The Hall–Kier alpha value is -1.26. The fraction of sp³-hybridized carbons (Fsp3) is 0.500. The van der Waals surface area contributed by atoms with Crippen LogP contribution in [0.1, 0.15) is 19.4 Å². The highest BCUT2D eigenvalue weighted by Gasteiger charge is 2.30. The van der Waals surface area contributed by atoms with Crippen molar-refractivity contribution in [3.63, 3.8) is 0 Å². The Morgan fingerprint density at radius 3 is 2.53 bits per heavy atom. The molecule has 19 heavy (non-hydrogen) atoms. The lowest BCUT2D eigenvalue weighted by atomic mass is 10.1. The molecular weight excluding hydrogens is 275 g/mol. The van der Waals surface area contributed by atoms with Gasteiger partial charge >= 0.3 is 6.18 Å². The smallest absolute Gasteiger partial charge is 0.299 e. The van der Waals surface area contributed by atoms with Gasteiger partial charge in [-0.25, -0.2) is 4.98 Å². The average molecular weight is 289 g/mol. The topological polar surface area (TPSA) is 48.7 Å². The summed E-state index contributed by atoms with van der Waals surface area (Å²) in [6, 6.07) is 4.45. The van der Waals surface area contributed by atoms with Crippen molar-refractivity contribution in [3.8, 4) is 6.07 Å². The zero-order valence-electron chi connectivity index (χ0n) is 10.6. The summed E-state index contributed by atoms with van der Waals surface area (Å²) >= 11 is 1.25. The highest BCUT2D eigenvalue weighted by atomic mass is 32.2. The van der Waals surface area contributed by atoms with Crippen LogP contribution in [-0.4, -0.2) is 22.8 Å². The van der Waals surface area contributed by atoms with Crippen LogP contribution in [-0.2, 0) is 6.18 Å². The molecule has 104 valence electrons. The molecule has 0 aromatic carbocycles. The average Bonchev–Trinajstić information content (AvgIpc) is 2.36. The molecule has 0 saturated heterocycles. The van der Waals surface area contributed by atoms with E-state index in [1.807, 2.05) is 6.92 Å². The Morgan fingerprint density at radius 1 is 1.42 bits per heavy atom. The normalized spacial score (nSPS) is 14.7. The van der Waals surface area contributed by atoms with Gasteiger partial charge < -0.3 is 0 Å². The molecule has 0 bridgehead atoms. The number of rotatable bonds is 5.